The molecule has 0 bridgehead atoms. The van der Waals surface area contributed by atoms with Crippen molar-refractivity contribution in [2.75, 3.05) is 7.11 Å². The van der Waals surface area contributed by atoms with Crippen LogP contribution in [-0.4, -0.2) is 19.6 Å². The van der Waals surface area contributed by atoms with Crippen molar-refractivity contribution in [1.29, 1.82) is 0 Å². The summed E-state index contributed by atoms with van der Waals surface area (Å²) in [7, 11) is 1.30. The minimum absolute atomic E-state index is 0.0372. The molecule has 0 heterocycles. The van der Waals surface area contributed by atoms with Crippen LogP contribution in [0.1, 0.15) is 28.9 Å². The lowest BCUT2D eigenvalue weighted by molar-refractivity contribution is -0.0515. The van der Waals surface area contributed by atoms with Crippen molar-refractivity contribution in [3.8, 4) is 11.5 Å². The van der Waals surface area contributed by atoms with Crippen LogP contribution in [0.25, 0.3) is 0 Å². The Hall–Kier alpha value is -2.05. The third kappa shape index (κ3) is 4.74. The number of para-hydroxylation sites is 1. The van der Waals surface area contributed by atoms with Gasteiger partial charge in [-0.1, -0.05) is 35.3 Å². The van der Waals surface area contributed by atoms with E-state index in [0.29, 0.717) is 15.6 Å². The molecule has 0 aliphatic carbocycles. The van der Waals surface area contributed by atoms with Crippen LogP contribution in [0.4, 0.5) is 8.78 Å². The van der Waals surface area contributed by atoms with Crippen molar-refractivity contribution in [2.45, 2.75) is 19.6 Å². The zero-order chi connectivity index (χ0) is 18.6. The zero-order valence-corrected chi connectivity index (χ0v) is 14.9. The molecule has 1 atom stereocenters. The molecule has 134 valence electrons. The number of carbonyl (C=O) groups excluding carboxylic acids is 1. The molecule has 0 aromatic heterocycles. The third-order valence-corrected chi connectivity index (χ3v) is 4.18. The van der Waals surface area contributed by atoms with Gasteiger partial charge in [0.15, 0.2) is 11.5 Å². The summed E-state index contributed by atoms with van der Waals surface area (Å²) in [5, 5.41) is 3.45. The first-order valence-corrected chi connectivity index (χ1v) is 7.96. The van der Waals surface area contributed by atoms with Crippen molar-refractivity contribution in [2.24, 2.45) is 0 Å². The molecule has 8 heteroatoms. The maximum absolute atomic E-state index is 12.7. The second-order valence-corrected chi connectivity index (χ2v) is 5.90. The highest BCUT2D eigenvalue weighted by atomic mass is 35.5. The first-order chi connectivity index (χ1) is 11.8. The highest BCUT2D eigenvalue weighted by Crippen LogP contribution is 2.33. The van der Waals surface area contributed by atoms with Gasteiger partial charge in [-0.05, 0) is 36.8 Å². The summed E-state index contributed by atoms with van der Waals surface area (Å²) < 4.78 is 34.7. The summed E-state index contributed by atoms with van der Waals surface area (Å²) in [6.07, 6.45) is 0. The van der Waals surface area contributed by atoms with E-state index in [1.807, 2.05) is 0 Å². The average molecular weight is 390 g/mol. The standard InChI is InChI=1S/C17H15Cl2F2NO3/c1-9(10-6-7-12(18)13(19)8-10)22-16(23)11-4-3-5-14(24-2)15(11)25-17(20)21/h3-9,17H,1-2H3,(H,22,23)/t9-/m0/s1. The van der Waals surface area contributed by atoms with Crippen LogP contribution in [0, 0.1) is 0 Å². The molecular weight excluding hydrogens is 375 g/mol. The second-order valence-electron chi connectivity index (χ2n) is 5.08. The molecule has 0 radical (unpaired) electrons. The lowest BCUT2D eigenvalue weighted by atomic mass is 10.1. The Kier molecular flexibility index (Phi) is 6.45. The van der Waals surface area contributed by atoms with Crippen LogP contribution >= 0.6 is 23.2 Å². The number of halogens is 4. The van der Waals surface area contributed by atoms with Gasteiger partial charge >= 0.3 is 6.61 Å². The normalized spacial score (nSPS) is 12.0. The number of carbonyl (C=O) groups is 1. The summed E-state index contributed by atoms with van der Waals surface area (Å²) in [4.78, 5) is 12.5. The molecule has 0 aliphatic heterocycles. The number of hydrogen-bond acceptors (Lipinski definition) is 3. The molecule has 2 aromatic carbocycles. The summed E-state index contributed by atoms with van der Waals surface area (Å²) in [6, 6.07) is 8.81. The Morgan fingerprint density at radius 1 is 1.16 bits per heavy atom. The highest BCUT2D eigenvalue weighted by Gasteiger charge is 2.21. The van der Waals surface area contributed by atoms with E-state index in [1.54, 1.807) is 25.1 Å². The number of methoxy groups -OCH3 is 1. The van der Waals surface area contributed by atoms with E-state index < -0.39 is 18.6 Å². The highest BCUT2D eigenvalue weighted by molar-refractivity contribution is 6.42. The molecule has 0 saturated heterocycles. The van der Waals surface area contributed by atoms with E-state index in [2.05, 4.69) is 10.1 Å². The van der Waals surface area contributed by atoms with Crippen molar-refractivity contribution in [1.82, 2.24) is 5.32 Å². The Labute approximate surface area is 153 Å². The Bertz CT molecular complexity index is 772. The van der Waals surface area contributed by atoms with Gasteiger partial charge < -0.3 is 14.8 Å². The smallest absolute Gasteiger partial charge is 0.387 e. The van der Waals surface area contributed by atoms with Crippen LogP contribution in [0.2, 0.25) is 10.0 Å². The minimum atomic E-state index is -3.09. The number of ether oxygens (including phenoxy) is 2. The molecular formula is C17H15Cl2F2NO3. The molecule has 25 heavy (non-hydrogen) atoms. The Morgan fingerprint density at radius 2 is 1.88 bits per heavy atom. The van der Waals surface area contributed by atoms with Crippen molar-refractivity contribution < 1.29 is 23.0 Å². The summed E-state index contributed by atoms with van der Waals surface area (Å²) >= 11 is 11.8. The van der Waals surface area contributed by atoms with Gasteiger partial charge in [0.25, 0.3) is 5.91 Å². The molecule has 0 unspecified atom stereocenters. The predicted molar refractivity (Wildman–Crippen MR) is 92.0 cm³/mol. The quantitative estimate of drug-likeness (QED) is 0.747. The summed E-state index contributed by atoms with van der Waals surface area (Å²) in [5.74, 6) is -0.873. The first kappa shape index (κ1) is 19.3. The maximum atomic E-state index is 12.7. The van der Waals surface area contributed by atoms with Gasteiger partial charge in [-0.3, -0.25) is 4.79 Å². The van der Waals surface area contributed by atoms with E-state index in [-0.39, 0.29) is 17.1 Å². The molecule has 2 rings (SSSR count). The lowest BCUT2D eigenvalue weighted by Crippen LogP contribution is -2.27. The van der Waals surface area contributed by atoms with Gasteiger partial charge in [-0.2, -0.15) is 8.78 Å². The maximum Gasteiger partial charge on any atom is 0.387 e. The van der Waals surface area contributed by atoms with Crippen molar-refractivity contribution in [3.63, 3.8) is 0 Å². The number of benzene rings is 2. The topological polar surface area (TPSA) is 47.6 Å². The SMILES string of the molecule is COc1cccc(C(=O)N[C@@H](C)c2ccc(Cl)c(Cl)c2)c1OC(F)F. The summed E-state index contributed by atoms with van der Waals surface area (Å²) in [5.41, 5.74) is 0.647. The fraction of sp³-hybridized carbons (Fsp3) is 0.235. The third-order valence-electron chi connectivity index (χ3n) is 3.44. The molecule has 0 spiro atoms. The lowest BCUT2D eigenvalue weighted by Gasteiger charge is -2.18. The van der Waals surface area contributed by atoms with Crippen LogP contribution in [0.5, 0.6) is 11.5 Å². The van der Waals surface area contributed by atoms with Crippen LogP contribution in [-0.2, 0) is 0 Å². The average Bonchev–Trinajstić information content (AvgIpc) is 2.56. The van der Waals surface area contributed by atoms with Crippen LogP contribution < -0.4 is 14.8 Å². The van der Waals surface area contributed by atoms with E-state index in [0.717, 1.165) is 0 Å². The van der Waals surface area contributed by atoms with Gasteiger partial charge in [0.2, 0.25) is 0 Å². The molecule has 1 N–H and O–H groups in total. The monoisotopic (exact) mass is 389 g/mol. The molecule has 0 saturated carbocycles. The second kappa shape index (κ2) is 8.36. The van der Waals surface area contributed by atoms with E-state index in [9.17, 15) is 13.6 Å². The fourth-order valence-corrected chi connectivity index (χ4v) is 2.51. The van der Waals surface area contributed by atoms with Gasteiger partial charge in [-0.15, -0.1) is 0 Å². The molecule has 0 fully saturated rings. The van der Waals surface area contributed by atoms with Gasteiger partial charge in [0.1, 0.15) is 0 Å². The van der Waals surface area contributed by atoms with Gasteiger partial charge in [0.05, 0.1) is 28.8 Å². The molecule has 4 nitrogen and oxygen atoms in total. The molecule has 2 aromatic rings. The van der Waals surface area contributed by atoms with Crippen molar-refractivity contribution in [3.05, 3.63) is 57.6 Å². The summed E-state index contributed by atoms with van der Waals surface area (Å²) in [6.45, 7) is -1.36. The Balaban J connectivity index is 2.26. The zero-order valence-electron chi connectivity index (χ0n) is 13.4. The number of amides is 1. The Morgan fingerprint density at radius 3 is 2.48 bits per heavy atom. The van der Waals surface area contributed by atoms with E-state index in [1.165, 1.54) is 25.3 Å². The molecule has 0 aliphatic rings. The van der Waals surface area contributed by atoms with Gasteiger partial charge in [-0.25, -0.2) is 0 Å². The fourth-order valence-electron chi connectivity index (χ4n) is 2.21. The van der Waals surface area contributed by atoms with Crippen LogP contribution in [0.3, 0.4) is 0 Å². The van der Waals surface area contributed by atoms with Crippen molar-refractivity contribution >= 4 is 29.1 Å². The van der Waals surface area contributed by atoms with Gasteiger partial charge in [0, 0.05) is 0 Å². The predicted octanol–water partition coefficient (Wildman–Crippen LogP) is 5.09. The minimum Gasteiger partial charge on any atom is -0.493 e. The van der Waals surface area contributed by atoms with E-state index in [4.69, 9.17) is 27.9 Å². The number of alkyl halides is 2. The van der Waals surface area contributed by atoms with Crippen LogP contribution in [0.15, 0.2) is 36.4 Å². The number of nitrogens with one attached hydrogen (secondary N) is 1. The first-order valence-electron chi connectivity index (χ1n) is 7.21. The van der Waals surface area contributed by atoms with E-state index >= 15 is 0 Å². The number of rotatable bonds is 6. The largest absolute Gasteiger partial charge is 0.493 e. The molecule has 1 amide bonds. The number of hydrogen-bond donors (Lipinski definition) is 1.